The molecule has 3 heteroatoms. The zero-order chi connectivity index (χ0) is 11.1. The molecular formula is C12H25NO2. The van der Waals surface area contributed by atoms with E-state index in [0.717, 1.165) is 13.1 Å². The van der Waals surface area contributed by atoms with Crippen LogP contribution < -0.4 is 5.32 Å². The van der Waals surface area contributed by atoms with Crippen molar-refractivity contribution in [1.29, 1.82) is 0 Å². The van der Waals surface area contributed by atoms with Crippen LogP contribution in [0.2, 0.25) is 0 Å². The third-order valence-electron chi connectivity index (χ3n) is 3.13. The van der Waals surface area contributed by atoms with Crippen molar-refractivity contribution in [1.82, 2.24) is 5.32 Å². The number of rotatable bonds is 8. The maximum Gasteiger partial charge on any atom is 0.169 e. The molecule has 0 heterocycles. The zero-order valence-electron chi connectivity index (χ0n) is 10.3. The highest BCUT2D eigenvalue weighted by molar-refractivity contribution is 4.85. The van der Waals surface area contributed by atoms with Crippen molar-refractivity contribution in [2.75, 3.05) is 26.3 Å². The highest BCUT2D eigenvalue weighted by Crippen LogP contribution is 2.39. The summed E-state index contributed by atoms with van der Waals surface area (Å²) >= 11 is 0. The molecule has 0 radical (unpaired) electrons. The van der Waals surface area contributed by atoms with E-state index >= 15 is 0 Å². The van der Waals surface area contributed by atoms with E-state index in [9.17, 15) is 0 Å². The van der Waals surface area contributed by atoms with Crippen molar-refractivity contribution in [3.05, 3.63) is 0 Å². The SMILES string of the molecule is CCOC(CNCC1(C)CCC1)OCC. The first-order chi connectivity index (χ1) is 7.20. The first kappa shape index (κ1) is 12.9. The molecule has 3 nitrogen and oxygen atoms in total. The third kappa shape index (κ3) is 4.49. The topological polar surface area (TPSA) is 30.5 Å². The Morgan fingerprint density at radius 2 is 1.80 bits per heavy atom. The molecule has 1 N–H and O–H groups in total. The largest absolute Gasteiger partial charge is 0.352 e. The summed E-state index contributed by atoms with van der Waals surface area (Å²) in [4.78, 5) is 0. The first-order valence-electron chi connectivity index (χ1n) is 6.14. The second-order valence-electron chi connectivity index (χ2n) is 4.64. The Hall–Kier alpha value is -0.120. The Bertz CT molecular complexity index is 163. The summed E-state index contributed by atoms with van der Waals surface area (Å²) in [6, 6.07) is 0. The van der Waals surface area contributed by atoms with Gasteiger partial charge in [-0.3, -0.25) is 0 Å². The molecule has 1 aliphatic carbocycles. The lowest BCUT2D eigenvalue weighted by Crippen LogP contribution is -2.41. The molecule has 0 amide bonds. The monoisotopic (exact) mass is 215 g/mol. The quantitative estimate of drug-likeness (QED) is 0.629. The fourth-order valence-corrected chi connectivity index (χ4v) is 1.99. The van der Waals surface area contributed by atoms with Crippen LogP contribution in [0.1, 0.15) is 40.0 Å². The van der Waals surface area contributed by atoms with Gasteiger partial charge in [-0.2, -0.15) is 0 Å². The second-order valence-corrected chi connectivity index (χ2v) is 4.64. The lowest BCUT2D eigenvalue weighted by molar-refractivity contribution is -0.133. The van der Waals surface area contributed by atoms with Crippen LogP contribution in [0.5, 0.6) is 0 Å². The lowest BCUT2D eigenvalue weighted by atomic mass is 9.70. The van der Waals surface area contributed by atoms with Gasteiger partial charge in [0.25, 0.3) is 0 Å². The van der Waals surface area contributed by atoms with E-state index in [1.54, 1.807) is 0 Å². The number of hydrogen-bond donors (Lipinski definition) is 1. The van der Waals surface area contributed by atoms with Crippen molar-refractivity contribution in [3.8, 4) is 0 Å². The van der Waals surface area contributed by atoms with Gasteiger partial charge in [-0.25, -0.2) is 0 Å². The average Bonchev–Trinajstić information content (AvgIpc) is 2.16. The van der Waals surface area contributed by atoms with Crippen LogP contribution in [0.3, 0.4) is 0 Å². The molecule has 0 saturated heterocycles. The molecule has 0 aliphatic heterocycles. The van der Waals surface area contributed by atoms with Crippen molar-refractivity contribution in [2.24, 2.45) is 5.41 Å². The molecule has 0 spiro atoms. The highest BCUT2D eigenvalue weighted by atomic mass is 16.7. The molecule has 90 valence electrons. The summed E-state index contributed by atoms with van der Waals surface area (Å²) in [5, 5.41) is 3.45. The summed E-state index contributed by atoms with van der Waals surface area (Å²) in [6.45, 7) is 9.66. The van der Waals surface area contributed by atoms with E-state index in [1.165, 1.54) is 19.3 Å². The van der Waals surface area contributed by atoms with Crippen LogP contribution >= 0.6 is 0 Å². The minimum atomic E-state index is -0.0799. The van der Waals surface area contributed by atoms with Gasteiger partial charge in [0.05, 0.1) is 0 Å². The molecule has 0 aromatic carbocycles. The molecule has 0 atom stereocenters. The molecule has 0 unspecified atom stereocenters. The molecule has 1 aliphatic rings. The predicted molar refractivity (Wildman–Crippen MR) is 61.9 cm³/mol. The van der Waals surface area contributed by atoms with E-state index < -0.39 is 0 Å². The van der Waals surface area contributed by atoms with Gasteiger partial charge in [0.1, 0.15) is 0 Å². The Labute approximate surface area is 93.5 Å². The summed E-state index contributed by atoms with van der Waals surface area (Å²) in [6.07, 6.45) is 4.02. The molecule has 1 rings (SSSR count). The van der Waals surface area contributed by atoms with Crippen molar-refractivity contribution >= 4 is 0 Å². The maximum absolute atomic E-state index is 5.46. The van der Waals surface area contributed by atoms with E-state index in [1.807, 2.05) is 13.8 Å². The maximum atomic E-state index is 5.46. The second kappa shape index (κ2) is 6.46. The van der Waals surface area contributed by atoms with Crippen LogP contribution in [0.25, 0.3) is 0 Å². The summed E-state index contributed by atoms with van der Waals surface area (Å²) in [5.41, 5.74) is 0.531. The Balaban J connectivity index is 2.09. The minimum absolute atomic E-state index is 0.0799. The molecule has 0 bridgehead atoms. The van der Waals surface area contributed by atoms with E-state index in [-0.39, 0.29) is 6.29 Å². The zero-order valence-corrected chi connectivity index (χ0v) is 10.3. The Kier molecular flexibility index (Phi) is 5.58. The van der Waals surface area contributed by atoms with Crippen LogP contribution in [0.15, 0.2) is 0 Å². The van der Waals surface area contributed by atoms with Crippen molar-refractivity contribution < 1.29 is 9.47 Å². The van der Waals surface area contributed by atoms with Gasteiger partial charge in [0, 0.05) is 26.3 Å². The Morgan fingerprint density at radius 1 is 1.20 bits per heavy atom. The fourth-order valence-electron chi connectivity index (χ4n) is 1.99. The predicted octanol–water partition coefficient (Wildman–Crippen LogP) is 2.17. The lowest BCUT2D eigenvalue weighted by Gasteiger charge is -2.38. The molecule has 1 fully saturated rings. The van der Waals surface area contributed by atoms with E-state index in [2.05, 4.69) is 12.2 Å². The first-order valence-corrected chi connectivity index (χ1v) is 6.14. The summed E-state index contributed by atoms with van der Waals surface area (Å²) in [5.74, 6) is 0. The molecule has 15 heavy (non-hydrogen) atoms. The standard InChI is InChI=1S/C12H25NO2/c1-4-14-11(15-5-2)9-13-10-12(3)7-6-8-12/h11,13H,4-10H2,1-3H3. The normalized spacial score (nSPS) is 19.2. The smallest absolute Gasteiger partial charge is 0.169 e. The van der Waals surface area contributed by atoms with Gasteiger partial charge in [-0.05, 0) is 32.1 Å². The van der Waals surface area contributed by atoms with Gasteiger partial charge >= 0.3 is 0 Å². The van der Waals surface area contributed by atoms with Crippen molar-refractivity contribution in [2.45, 2.75) is 46.3 Å². The van der Waals surface area contributed by atoms with Crippen LogP contribution in [0.4, 0.5) is 0 Å². The third-order valence-corrected chi connectivity index (χ3v) is 3.13. The number of hydrogen-bond acceptors (Lipinski definition) is 3. The highest BCUT2D eigenvalue weighted by Gasteiger charge is 2.31. The van der Waals surface area contributed by atoms with Gasteiger partial charge in [-0.15, -0.1) is 0 Å². The average molecular weight is 215 g/mol. The van der Waals surface area contributed by atoms with Crippen LogP contribution in [0, 0.1) is 5.41 Å². The summed E-state index contributed by atoms with van der Waals surface area (Å²) < 4.78 is 10.9. The fraction of sp³-hybridized carbons (Fsp3) is 1.00. The summed E-state index contributed by atoms with van der Waals surface area (Å²) in [7, 11) is 0. The van der Waals surface area contributed by atoms with Crippen LogP contribution in [-0.4, -0.2) is 32.6 Å². The molecule has 0 aromatic rings. The van der Waals surface area contributed by atoms with Crippen molar-refractivity contribution in [3.63, 3.8) is 0 Å². The van der Waals surface area contributed by atoms with Gasteiger partial charge < -0.3 is 14.8 Å². The van der Waals surface area contributed by atoms with E-state index in [0.29, 0.717) is 18.6 Å². The van der Waals surface area contributed by atoms with Gasteiger partial charge in [0.2, 0.25) is 0 Å². The van der Waals surface area contributed by atoms with Crippen LogP contribution in [-0.2, 0) is 9.47 Å². The van der Waals surface area contributed by atoms with Gasteiger partial charge in [0.15, 0.2) is 6.29 Å². The van der Waals surface area contributed by atoms with E-state index in [4.69, 9.17) is 9.47 Å². The number of ether oxygens (including phenoxy) is 2. The Morgan fingerprint density at radius 3 is 2.20 bits per heavy atom. The molecular weight excluding hydrogens is 190 g/mol. The van der Waals surface area contributed by atoms with Gasteiger partial charge in [-0.1, -0.05) is 13.3 Å². The molecule has 0 aromatic heterocycles. The molecule has 1 saturated carbocycles. The minimum Gasteiger partial charge on any atom is -0.352 e. The number of nitrogens with one attached hydrogen (secondary N) is 1.